The Hall–Kier alpha value is -1.22. The van der Waals surface area contributed by atoms with Crippen LogP contribution < -0.4 is 10.1 Å². The van der Waals surface area contributed by atoms with E-state index in [9.17, 15) is 5.11 Å². The number of phenols is 1. The molecule has 1 aromatic carbocycles. The van der Waals surface area contributed by atoms with E-state index in [1.54, 1.807) is 12.1 Å². The molecule has 3 heteroatoms. The first-order chi connectivity index (χ1) is 8.79. The van der Waals surface area contributed by atoms with E-state index in [2.05, 4.69) is 5.32 Å². The average molecular weight is 245 g/mol. The largest absolute Gasteiger partial charge is 0.508 e. The lowest BCUT2D eigenvalue weighted by molar-refractivity contribution is 0.266. The predicted molar refractivity (Wildman–Crippen MR) is 68.7 cm³/mol. The van der Waals surface area contributed by atoms with Crippen molar-refractivity contribution in [2.45, 2.75) is 37.8 Å². The molecule has 2 bridgehead atoms. The van der Waals surface area contributed by atoms with E-state index < -0.39 is 0 Å². The molecule has 2 aliphatic carbocycles. The highest BCUT2D eigenvalue weighted by Gasteiger charge is 2.41. The molecule has 2 saturated carbocycles. The number of benzene rings is 1. The zero-order valence-corrected chi connectivity index (χ0v) is 10.4. The molecule has 0 saturated heterocycles. The molecular weight excluding hydrogens is 226 g/mol. The first-order valence-corrected chi connectivity index (χ1v) is 7.01. The molecular formula is C15H19NO2. The molecule has 1 aliphatic heterocycles. The fraction of sp³-hybridized carbons (Fsp3) is 0.600. The average Bonchev–Trinajstić information content (AvgIpc) is 3.04. The number of rotatable bonds is 2. The van der Waals surface area contributed by atoms with Gasteiger partial charge in [0.05, 0.1) is 6.04 Å². The van der Waals surface area contributed by atoms with Gasteiger partial charge in [-0.3, -0.25) is 0 Å². The molecule has 0 radical (unpaired) electrons. The maximum atomic E-state index is 9.45. The third-order valence-corrected chi connectivity index (χ3v) is 4.93. The minimum absolute atomic E-state index is 0.286. The van der Waals surface area contributed by atoms with Crippen LogP contribution in [0.5, 0.6) is 11.5 Å². The molecule has 1 aromatic rings. The van der Waals surface area contributed by atoms with Gasteiger partial charge in [-0.25, -0.2) is 0 Å². The lowest BCUT2D eigenvalue weighted by Gasteiger charge is -2.26. The van der Waals surface area contributed by atoms with Crippen LogP contribution in [0.2, 0.25) is 0 Å². The van der Waals surface area contributed by atoms with Gasteiger partial charge >= 0.3 is 0 Å². The van der Waals surface area contributed by atoms with E-state index >= 15 is 0 Å². The Morgan fingerprint density at radius 1 is 1.22 bits per heavy atom. The Balaban J connectivity index is 1.51. The second kappa shape index (κ2) is 3.89. The van der Waals surface area contributed by atoms with Gasteiger partial charge < -0.3 is 15.2 Å². The third-order valence-electron chi connectivity index (χ3n) is 4.93. The Labute approximate surface area is 107 Å². The zero-order valence-electron chi connectivity index (χ0n) is 10.4. The summed E-state index contributed by atoms with van der Waals surface area (Å²) in [7, 11) is 0. The summed E-state index contributed by atoms with van der Waals surface area (Å²) in [5.41, 5.74) is 1.20. The highest BCUT2D eigenvalue weighted by atomic mass is 16.5. The molecule has 4 unspecified atom stereocenters. The number of hydrogen-bond donors (Lipinski definition) is 2. The summed E-state index contributed by atoms with van der Waals surface area (Å²) in [6, 6.07) is 6.45. The first kappa shape index (κ1) is 10.7. The molecule has 96 valence electrons. The molecule has 18 heavy (non-hydrogen) atoms. The van der Waals surface area contributed by atoms with Crippen LogP contribution in [0.15, 0.2) is 18.2 Å². The minimum atomic E-state index is 0.286. The van der Waals surface area contributed by atoms with Gasteiger partial charge in [0.2, 0.25) is 0 Å². The summed E-state index contributed by atoms with van der Waals surface area (Å²) in [6.07, 6.45) is 5.61. The molecule has 0 spiro atoms. The number of hydrogen-bond acceptors (Lipinski definition) is 3. The fourth-order valence-corrected chi connectivity index (χ4v) is 4.04. The van der Waals surface area contributed by atoms with Crippen molar-refractivity contribution in [2.24, 2.45) is 11.8 Å². The monoisotopic (exact) mass is 245 g/mol. The second-order valence-electron chi connectivity index (χ2n) is 6.03. The van der Waals surface area contributed by atoms with E-state index in [0.717, 1.165) is 17.6 Å². The number of phenolic OH excluding ortho intramolecular Hbond substituents is 1. The highest BCUT2D eigenvalue weighted by molar-refractivity contribution is 5.44. The Kier molecular flexibility index (Phi) is 2.31. The smallest absolute Gasteiger partial charge is 0.127 e. The van der Waals surface area contributed by atoms with Crippen molar-refractivity contribution < 1.29 is 9.84 Å². The second-order valence-corrected chi connectivity index (χ2v) is 6.03. The maximum absolute atomic E-state index is 9.45. The van der Waals surface area contributed by atoms with Crippen molar-refractivity contribution in [3.63, 3.8) is 0 Å². The summed E-state index contributed by atoms with van der Waals surface area (Å²) in [5.74, 6) is 2.98. The SMILES string of the molecule is Oc1ccc2c(c1)OCC2NC1CC2CCC1C2. The van der Waals surface area contributed by atoms with Crippen LogP contribution in [0.4, 0.5) is 0 Å². The van der Waals surface area contributed by atoms with Crippen LogP contribution in [0.1, 0.15) is 37.3 Å². The summed E-state index contributed by atoms with van der Waals surface area (Å²) in [5, 5.41) is 13.2. The van der Waals surface area contributed by atoms with Gasteiger partial charge in [-0.15, -0.1) is 0 Å². The van der Waals surface area contributed by atoms with Gasteiger partial charge in [0.25, 0.3) is 0 Å². The lowest BCUT2D eigenvalue weighted by Crippen LogP contribution is -2.37. The topological polar surface area (TPSA) is 41.5 Å². The van der Waals surface area contributed by atoms with Crippen LogP contribution >= 0.6 is 0 Å². The summed E-state index contributed by atoms with van der Waals surface area (Å²) in [6.45, 7) is 0.701. The summed E-state index contributed by atoms with van der Waals surface area (Å²) >= 11 is 0. The first-order valence-electron chi connectivity index (χ1n) is 7.01. The third kappa shape index (κ3) is 1.61. The van der Waals surface area contributed by atoms with Crippen molar-refractivity contribution in [1.29, 1.82) is 0 Å². The number of fused-ring (bicyclic) bond motifs is 3. The molecule has 0 amide bonds. The number of ether oxygens (including phenoxy) is 1. The standard InChI is InChI=1S/C15H19NO2/c17-11-3-4-12-14(8-18-15(12)7-11)16-13-6-9-1-2-10(13)5-9/h3-4,7,9-10,13-14,16-17H,1-2,5-6,8H2. The summed E-state index contributed by atoms with van der Waals surface area (Å²) < 4.78 is 5.66. The van der Waals surface area contributed by atoms with Crippen LogP contribution in [-0.4, -0.2) is 17.8 Å². The van der Waals surface area contributed by atoms with Gasteiger partial charge in [-0.05, 0) is 43.2 Å². The van der Waals surface area contributed by atoms with Crippen molar-refractivity contribution in [1.82, 2.24) is 5.32 Å². The van der Waals surface area contributed by atoms with Crippen LogP contribution in [0, 0.1) is 11.8 Å². The van der Waals surface area contributed by atoms with E-state index in [-0.39, 0.29) is 5.75 Å². The van der Waals surface area contributed by atoms with E-state index in [0.29, 0.717) is 18.7 Å². The molecule has 4 rings (SSSR count). The molecule has 2 fully saturated rings. The maximum Gasteiger partial charge on any atom is 0.127 e. The van der Waals surface area contributed by atoms with Gasteiger partial charge in [0, 0.05) is 17.7 Å². The fourth-order valence-electron chi connectivity index (χ4n) is 4.04. The number of nitrogens with one attached hydrogen (secondary N) is 1. The van der Waals surface area contributed by atoms with Gasteiger partial charge in [-0.2, -0.15) is 0 Å². The van der Waals surface area contributed by atoms with Crippen molar-refractivity contribution in [3.8, 4) is 11.5 Å². The van der Waals surface area contributed by atoms with Gasteiger partial charge in [0.1, 0.15) is 18.1 Å². The van der Waals surface area contributed by atoms with Crippen molar-refractivity contribution >= 4 is 0 Å². The predicted octanol–water partition coefficient (Wildman–Crippen LogP) is 2.60. The van der Waals surface area contributed by atoms with Gasteiger partial charge in [-0.1, -0.05) is 6.42 Å². The molecule has 2 N–H and O–H groups in total. The van der Waals surface area contributed by atoms with Crippen LogP contribution in [0.25, 0.3) is 0 Å². The quantitative estimate of drug-likeness (QED) is 0.841. The normalized spacial score (nSPS) is 36.7. The molecule has 1 heterocycles. The van der Waals surface area contributed by atoms with Crippen LogP contribution in [-0.2, 0) is 0 Å². The number of aromatic hydroxyl groups is 1. The molecule has 3 nitrogen and oxygen atoms in total. The van der Waals surface area contributed by atoms with Gasteiger partial charge in [0.15, 0.2) is 0 Å². The molecule has 0 aromatic heterocycles. The van der Waals surface area contributed by atoms with E-state index in [1.807, 2.05) is 6.07 Å². The highest BCUT2D eigenvalue weighted by Crippen LogP contribution is 2.46. The Bertz CT molecular complexity index is 474. The van der Waals surface area contributed by atoms with Crippen LogP contribution in [0.3, 0.4) is 0 Å². The van der Waals surface area contributed by atoms with Crippen molar-refractivity contribution in [2.75, 3.05) is 6.61 Å². The summed E-state index contributed by atoms with van der Waals surface area (Å²) in [4.78, 5) is 0. The molecule has 4 atom stereocenters. The minimum Gasteiger partial charge on any atom is -0.508 e. The zero-order chi connectivity index (χ0) is 12.1. The van der Waals surface area contributed by atoms with E-state index in [4.69, 9.17) is 4.74 Å². The lowest BCUT2D eigenvalue weighted by atomic mass is 9.94. The van der Waals surface area contributed by atoms with E-state index in [1.165, 1.54) is 31.2 Å². The van der Waals surface area contributed by atoms with Crippen molar-refractivity contribution in [3.05, 3.63) is 23.8 Å². The molecule has 3 aliphatic rings. The Morgan fingerprint density at radius 2 is 2.17 bits per heavy atom. The Morgan fingerprint density at radius 3 is 2.94 bits per heavy atom.